The monoisotopic (exact) mass is 231 g/mol. The zero-order valence-electron chi connectivity index (χ0n) is 10.1. The minimum Gasteiger partial charge on any atom is -0.393 e. The molecule has 1 atom stereocenters. The molecule has 0 fully saturated rings. The molecule has 17 heavy (non-hydrogen) atoms. The number of benzene rings is 1. The van der Waals surface area contributed by atoms with E-state index >= 15 is 0 Å². The van der Waals surface area contributed by atoms with Gasteiger partial charge in [-0.1, -0.05) is 18.2 Å². The predicted molar refractivity (Wildman–Crippen MR) is 68.1 cm³/mol. The highest BCUT2D eigenvalue weighted by Gasteiger charge is 2.14. The van der Waals surface area contributed by atoms with Crippen molar-refractivity contribution in [2.45, 2.75) is 26.4 Å². The lowest BCUT2D eigenvalue weighted by Crippen LogP contribution is -2.06. The van der Waals surface area contributed by atoms with Crippen molar-refractivity contribution < 1.29 is 5.11 Å². The summed E-state index contributed by atoms with van der Waals surface area (Å²) in [7, 11) is 0. The van der Waals surface area contributed by atoms with Crippen LogP contribution in [0, 0.1) is 6.92 Å². The molecule has 0 saturated carbocycles. The van der Waals surface area contributed by atoms with Gasteiger partial charge >= 0.3 is 0 Å². The van der Waals surface area contributed by atoms with Crippen molar-refractivity contribution >= 4 is 5.82 Å². The first-order valence-electron chi connectivity index (χ1n) is 5.67. The fourth-order valence-electron chi connectivity index (χ4n) is 1.80. The number of aliphatic hydroxyl groups excluding tert-OH is 1. The SMILES string of the molecule is Cc1c(C[C@H](C)O)nn(-c2ccccc2)c1N. The summed E-state index contributed by atoms with van der Waals surface area (Å²) in [5, 5.41) is 13.9. The van der Waals surface area contributed by atoms with Crippen LogP contribution in [0.5, 0.6) is 0 Å². The van der Waals surface area contributed by atoms with Crippen LogP contribution in [0.15, 0.2) is 30.3 Å². The highest BCUT2D eigenvalue weighted by atomic mass is 16.3. The molecule has 1 aromatic carbocycles. The molecule has 0 amide bonds. The van der Waals surface area contributed by atoms with E-state index < -0.39 is 6.10 Å². The Morgan fingerprint density at radius 3 is 2.59 bits per heavy atom. The summed E-state index contributed by atoms with van der Waals surface area (Å²) in [5.41, 5.74) is 8.75. The van der Waals surface area contributed by atoms with Crippen molar-refractivity contribution in [1.29, 1.82) is 0 Å². The Morgan fingerprint density at radius 1 is 1.35 bits per heavy atom. The highest BCUT2D eigenvalue weighted by Crippen LogP contribution is 2.20. The van der Waals surface area contributed by atoms with Gasteiger partial charge in [-0.3, -0.25) is 0 Å². The van der Waals surface area contributed by atoms with E-state index in [1.54, 1.807) is 11.6 Å². The lowest BCUT2D eigenvalue weighted by molar-refractivity contribution is 0.194. The molecule has 0 bridgehead atoms. The van der Waals surface area contributed by atoms with E-state index in [1.165, 1.54) is 0 Å². The molecule has 1 heterocycles. The molecule has 0 unspecified atom stereocenters. The maximum atomic E-state index is 9.41. The second-order valence-corrected chi connectivity index (χ2v) is 4.26. The average Bonchev–Trinajstić information content (AvgIpc) is 2.58. The Balaban J connectivity index is 2.43. The molecule has 4 heteroatoms. The number of para-hydroxylation sites is 1. The molecule has 1 aromatic heterocycles. The molecule has 2 rings (SSSR count). The van der Waals surface area contributed by atoms with Crippen LogP contribution in [-0.4, -0.2) is 21.0 Å². The van der Waals surface area contributed by atoms with Gasteiger partial charge in [0.15, 0.2) is 0 Å². The maximum absolute atomic E-state index is 9.41. The van der Waals surface area contributed by atoms with Crippen LogP contribution in [0.2, 0.25) is 0 Å². The Morgan fingerprint density at radius 2 is 2.00 bits per heavy atom. The quantitative estimate of drug-likeness (QED) is 0.844. The molecule has 0 saturated heterocycles. The normalized spacial score (nSPS) is 12.6. The Hall–Kier alpha value is -1.81. The molecule has 2 aromatic rings. The number of anilines is 1. The minimum atomic E-state index is -0.410. The summed E-state index contributed by atoms with van der Waals surface area (Å²) >= 11 is 0. The van der Waals surface area contributed by atoms with E-state index in [-0.39, 0.29) is 0 Å². The average molecular weight is 231 g/mol. The van der Waals surface area contributed by atoms with Crippen molar-refractivity contribution in [1.82, 2.24) is 9.78 Å². The highest BCUT2D eigenvalue weighted by molar-refractivity contribution is 5.49. The topological polar surface area (TPSA) is 64.1 Å². The minimum absolute atomic E-state index is 0.410. The fraction of sp³-hybridized carbons (Fsp3) is 0.308. The summed E-state index contributed by atoms with van der Waals surface area (Å²) < 4.78 is 1.72. The second kappa shape index (κ2) is 4.59. The number of aliphatic hydroxyl groups is 1. The van der Waals surface area contributed by atoms with Crippen LogP contribution >= 0.6 is 0 Å². The number of nitrogen functional groups attached to an aromatic ring is 1. The third kappa shape index (κ3) is 2.31. The number of nitrogens with zero attached hydrogens (tertiary/aromatic N) is 2. The van der Waals surface area contributed by atoms with E-state index in [4.69, 9.17) is 5.73 Å². The number of hydrogen-bond donors (Lipinski definition) is 2. The van der Waals surface area contributed by atoms with Crippen LogP contribution < -0.4 is 5.73 Å². The lowest BCUT2D eigenvalue weighted by atomic mass is 10.1. The van der Waals surface area contributed by atoms with Gasteiger partial charge in [-0.2, -0.15) is 5.10 Å². The fourth-order valence-corrected chi connectivity index (χ4v) is 1.80. The molecule has 90 valence electrons. The van der Waals surface area contributed by atoms with Gasteiger partial charge in [0, 0.05) is 12.0 Å². The van der Waals surface area contributed by atoms with E-state index in [0.29, 0.717) is 12.2 Å². The van der Waals surface area contributed by atoms with Crippen molar-refractivity contribution in [3.8, 4) is 5.69 Å². The standard InChI is InChI=1S/C13H17N3O/c1-9(17)8-12-10(2)13(14)16(15-12)11-6-4-3-5-7-11/h3-7,9,17H,8,14H2,1-2H3/t9-/m0/s1. The zero-order valence-corrected chi connectivity index (χ0v) is 10.1. The molecule has 0 radical (unpaired) electrons. The van der Waals surface area contributed by atoms with Gasteiger partial charge in [-0.05, 0) is 26.0 Å². The van der Waals surface area contributed by atoms with Crippen molar-refractivity contribution in [3.05, 3.63) is 41.6 Å². The summed E-state index contributed by atoms with van der Waals surface area (Å²) in [6.45, 7) is 3.68. The first-order valence-corrected chi connectivity index (χ1v) is 5.67. The maximum Gasteiger partial charge on any atom is 0.130 e. The number of hydrogen-bond acceptors (Lipinski definition) is 3. The lowest BCUT2D eigenvalue weighted by Gasteiger charge is -2.03. The molecule has 0 aliphatic carbocycles. The zero-order chi connectivity index (χ0) is 12.4. The van der Waals surface area contributed by atoms with Gasteiger partial charge in [-0.25, -0.2) is 4.68 Å². The van der Waals surface area contributed by atoms with Crippen LogP contribution in [0.4, 0.5) is 5.82 Å². The van der Waals surface area contributed by atoms with Gasteiger partial charge in [0.2, 0.25) is 0 Å². The molecule has 4 nitrogen and oxygen atoms in total. The van der Waals surface area contributed by atoms with Gasteiger partial charge in [0.05, 0.1) is 17.5 Å². The summed E-state index contributed by atoms with van der Waals surface area (Å²) in [4.78, 5) is 0. The van der Waals surface area contributed by atoms with Crippen LogP contribution in [0.3, 0.4) is 0 Å². The first-order chi connectivity index (χ1) is 8.09. The molecule has 3 N–H and O–H groups in total. The van der Waals surface area contributed by atoms with Gasteiger partial charge in [-0.15, -0.1) is 0 Å². The summed E-state index contributed by atoms with van der Waals surface area (Å²) in [5.74, 6) is 0.631. The Labute approximate surface area is 101 Å². The van der Waals surface area contributed by atoms with Crippen LogP contribution in [-0.2, 0) is 6.42 Å². The molecular weight excluding hydrogens is 214 g/mol. The summed E-state index contributed by atoms with van der Waals surface area (Å²) in [6.07, 6.45) is 0.114. The van der Waals surface area contributed by atoms with Crippen molar-refractivity contribution in [2.75, 3.05) is 5.73 Å². The molecule has 0 aliphatic rings. The number of rotatable bonds is 3. The first kappa shape index (κ1) is 11.7. The Bertz CT molecular complexity index is 503. The predicted octanol–water partition coefficient (Wildman–Crippen LogP) is 1.69. The summed E-state index contributed by atoms with van der Waals surface area (Å²) in [6, 6.07) is 9.75. The van der Waals surface area contributed by atoms with Crippen LogP contribution in [0.25, 0.3) is 5.69 Å². The van der Waals surface area contributed by atoms with Gasteiger partial charge in [0.1, 0.15) is 5.82 Å². The molecule has 0 spiro atoms. The molecular formula is C13H17N3O. The smallest absolute Gasteiger partial charge is 0.130 e. The number of nitrogens with two attached hydrogens (primary N) is 1. The Kier molecular flexibility index (Phi) is 3.15. The van der Waals surface area contributed by atoms with Gasteiger partial charge < -0.3 is 10.8 Å². The van der Waals surface area contributed by atoms with E-state index in [9.17, 15) is 5.11 Å². The third-order valence-electron chi connectivity index (χ3n) is 2.76. The van der Waals surface area contributed by atoms with E-state index in [0.717, 1.165) is 16.9 Å². The molecule has 0 aliphatic heterocycles. The third-order valence-corrected chi connectivity index (χ3v) is 2.76. The second-order valence-electron chi connectivity index (χ2n) is 4.26. The van der Waals surface area contributed by atoms with E-state index in [1.807, 2.05) is 37.3 Å². The largest absolute Gasteiger partial charge is 0.393 e. The number of aromatic nitrogens is 2. The van der Waals surface area contributed by atoms with Crippen LogP contribution in [0.1, 0.15) is 18.2 Å². The van der Waals surface area contributed by atoms with E-state index in [2.05, 4.69) is 5.10 Å². The van der Waals surface area contributed by atoms with Gasteiger partial charge in [0.25, 0.3) is 0 Å². The van der Waals surface area contributed by atoms with Crippen molar-refractivity contribution in [2.24, 2.45) is 0 Å². The van der Waals surface area contributed by atoms with Crippen molar-refractivity contribution in [3.63, 3.8) is 0 Å².